The van der Waals surface area contributed by atoms with Gasteiger partial charge in [-0.3, -0.25) is 0 Å². The molecule has 0 spiro atoms. The Labute approximate surface area is 107 Å². The molecule has 3 nitrogen and oxygen atoms in total. The molecule has 0 aliphatic heterocycles. The van der Waals surface area contributed by atoms with Crippen LogP contribution in [0, 0.1) is 13.8 Å². The predicted molar refractivity (Wildman–Crippen MR) is 72.8 cm³/mol. The van der Waals surface area contributed by atoms with E-state index in [9.17, 15) is 0 Å². The van der Waals surface area contributed by atoms with Crippen molar-refractivity contribution in [2.75, 3.05) is 5.32 Å². The Morgan fingerprint density at radius 2 is 1.72 bits per heavy atom. The first kappa shape index (κ1) is 11.2. The van der Waals surface area contributed by atoms with Crippen LogP contribution in [0.3, 0.4) is 0 Å². The number of hydrogen-bond donors (Lipinski definition) is 1. The quantitative estimate of drug-likeness (QED) is 0.875. The molecule has 0 radical (unpaired) electrons. The molecule has 0 amide bonds. The highest BCUT2D eigenvalue weighted by molar-refractivity contribution is 5.47. The van der Waals surface area contributed by atoms with E-state index in [4.69, 9.17) is 0 Å². The van der Waals surface area contributed by atoms with E-state index in [1.807, 2.05) is 6.92 Å². The van der Waals surface area contributed by atoms with Crippen LogP contribution in [-0.4, -0.2) is 16.0 Å². The first-order valence-electron chi connectivity index (χ1n) is 6.35. The van der Waals surface area contributed by atoms with Crippen LogP contribution in [0.5, 0.6) is 0 Å². The van der Waals surface area contributed by atoms with Gasteiger partial charge in [-0.25, -0.2) is 9.97 Å². The number of fused-ring (bicyclic) bond motifs is 1. The summed E-state index contributed by atoms with van der Waals surface area (Å²) >= 11 is 0. The van der Waals surface area contributed by atoms with Crippen LogP contribution in [0.4, 0.5) is 5.82 Å². The predicted octanol–water partition coefficient (Wildman–Crippen LogP) is 2.67. The van der Waals surface area contributed by atoms with Gasteiger partial charge in [0.05, 0.1) is 0 Å². The van der Waals surface area contributed by atoms with Crippen molar-refractivity contribution in [3.8, 4) is 0 Å². The molecule has 1 aliphatic rings. The van der Waals surface area contributed by atoms with Crippen LogP contribution in [0.2, 0.25) is 0 Å². The summed E-state index contributed by atoms with van der Waals surface area (Å²) in [7, 11) is 0. The van der Waals surface area contributed by atoms with Gasteiger partial charge in [-0.2, -0.15) is 0 Å². The number of rotatable bonds is 2. The molecule has 0 atom stereocenters. The first-order chi connectivity index (χ1) is 8.74. The number of aromatic nitrogens is 2. The van der Waals surface area contributed by atoms with Gasteiger partial charge in [-0.1, -0.05) is 24.3 Å². The Balaban J connectivity index is 1.78. The Morgan fingerprint density at radius 1 is 1.06 bits per heavy atom. The third kappa shape index (κ3) is 1.96. The number of aryl methyl sites for hydroxylation is 1. The second-order valence-electron chi connectivity index (χ2n) is 4.95. The van der Waals surface area contributed by atoms with Crippen LogP contribution in [0.1, 0.15) is 22.4 Å². The van der Waals surface area contributed by atoms with E-state index in [2.05, 4.69) is 46.5 Å². The zero-order valence-corrected chi connectivity index (χ0v) is 10.8. The number of anilines is 1. The maximum atomic E-state index is 4.34. The Morgan fingerprint density at radius 3 is 2.39 bits per heavy atom. The molecule has 3 rings (SSSR count). The van der Waals surface area contributed by atoms with Gasteiger partial charge in [0.1, 0.15) is 12.1 Å². The average molecular weight is 239 g/mol. The highest BCUT2D eigenvalue weighted by atomic mass is 15.0. The van der Waals surface area contributed by atoms with E-state index < -0.39 is 0 Å². The first-order valence-corrected chi connectivity index (χ1v) is 6.35. The minimum Gasteiger partial charge on any atom is -0.366 e. The maximum Gasteiger partial charge on any atom is 0.132 e. The van der Waals surface area contributed by atoms with Gasteiger partial charge in [0.2, 0.25) is 0 Å². The number of nitrogens with one attached hydrogen (secondary N) is 1. The van der Waals surface area contributed by atoms with Gasteiger partial charge >= 0.3 is 0 Å². The van der Waals surface area contributed by atoms with E-state index in [-0.39, 0.29) is 0 Å². The summed E-state index contributed by atoms with van der Waals surface area (Å²) in [5.74, 6) is 0.973. The summed E-state index contributed by atoms with van der Waals surface area (Å²) in [5, 5.41) is 3.55. The fourth-order valence-corrected chi connectivity index (χ4v) is 2.54. The second-order valence-corrected chi connectivity index (χ2v) is 4.95. The SMILES string of the molecule is Cc1ncnc(NC2Cc3ccccc3C2)c1C. The molecule has 18 heavy (non-hydrogen) atoms. The lowest BCUT2D eigenvalue weighted by Gasteiger charge is -2.15. The summed E-state index contributed by atoms with van der Waals surface area (Å²) in [4.78, 5) is 8.55. The second kappa shape index (κ2) is 4.41. The molecule has 1 N–H and O–H groups in total. The summed E-state index contributed by atoms with van der Waals surface area (Å²) < 4.78 is 0. The van der Waals surface area contributed by atoms with Gasteiger partial charge in [0.15, 0.2) is 0 Å². The summed E-state index contributed by atoms with van der Waals surface area (Å²) in [6.45, 7) is 4.09. The molecule has 1 aliphatic carbocycles. The lowest BCUT2D eigenvalue weighted by Crippen LogP contribution is -2.21. The van der Waals surface area contributed by atoms with E-state index in [0.29, 0.717) is 6.04 Å². The lowest BCUT2D eigenvalue weighted by molar-refractivity contribution is 0.765. The van der Waals surface area contributed by atoms with Crippen LogP contribution >= 0.6 is 0 Å². The van der Waals surface area contributed by atoms with Crippen molar-refractivity contribution in [2.45, 2.75) is 32.7 Å². The highest BCUT2D eigenvalue weighted by Crippen LogP contribution is 2.25. The number of benzene rings is 1. The third-order valence-corrected chi connectivity index (χ3v) is 3.73. The van der Waals surface area contributed by atoms with Crippen molar-refractivity contribution < 1.29 is 0 Å². The van der Waals surface area contributed by atoms with Crippen LogP contribution in [0.15, 0.2) is 30.6 Å². The Bertz CT molecular complexity index is 553. The van der Waals surface area contributed by atoms with Gasteiger partial charge in [0.25, 0.3) is 0 Å². The summed E-state index contributed by atoms with van der Waals surface area (Å²) in [6.07, 6.45) is 3.80. The molecule has 3 heteroatoms. The molecule has 0 saturated carbocycles. The Kier molecular flexibility index (Phi) is 2.74. The van der Waals surface area contributed by atoms with E-state index >= 15 is 0 Å². The molecule has 0 unspecified atom stereocenters. The van der Waals surface area contributed by atoms with Crippen molar-refractivity contribution in [2.24, 2.45) is 0 Å². The number of nitrogens with zero attached hydrogens (tertiary/aromatic N) is 2. The van der Waals surface area contributed by atoms with Gasteiger partial charge in [-0.05, 0) is 37.8 Å². The molecule has 0 fully saturated rings. The molecule has 1 aromatic carbocycles. The standard InChI is InChI=1S/C15H17N3/c1-10-11(2)16-9-17-15(10)18-14-7-12-5-3-4-6-13(12)8-14/h3-6,9,14H,7-8H2,1-2H3,(H,16,17,18). The van der Waals surface area contributed by atoms with E-state index in [0.717, 1.165) is 29.9 Å². The monoisotopic (exact) mass is 239 g/mol. The fraction of sp³-hybridized carbons (Fsp3) is 0.333. The van der Waals surface area contributed by atoms with Crippen molar-refractivity contribution in [3.05, 3.63) is 53.0 Å². The van der Waals surface area contributed by atoms with Crippen LogP contribution in [-0.2, 0) is 12.8 Å². The normalized spacial score (nSPS) is 14.6. The van der Waals surface area contributed by atoms with Crippen LogP contribution in [0.25, 0.3) is 0 Å². The molecule has 1 aromatic heterocycles. The molecule has 0 saturated heterocycles. The highest BCUT2D eigenvalue weighted by Gasteiger charge is 2.21. The molecular weight excluding hydrogens is 222 g/mol. The molecule has 2 aromatic rings. The van der Waals surface area contributed by atoms with Crippen molar-refractivity contribution in [3.63, 3.8) is 0 Å². The molecule has 92 valence electrons. The largest absolute Gasteiger partial charge is 0.366 e. The molecule has 1 heterocycles. The minimum absolute atomic E-state index is 0.454. The van der Waals surface area contributed by atoms with Gasteiger partial charge in [0, 0.05) is 17.3 Å². The average Bonchev–Trinajstić information content (AvgIpc) is 2.77. The van der Waals surface area contributed by atoms with E-state index in [1.54, 1.807) is 6.33 Å². The molecular formula is C15H17N3. The topological polar surface area (TPSA) is 37.8 Å². The van der Waals surface area contributed by atoms with Crippen molar-refractivity contribution >= 4 is 5.82 Å². The maximum absolute atomic E-state index is 4.34. The van der Waals surface area contributed by atoms with Crippen LogP contribution < -0.4 is 5.32 Å². The lowest BCUT2D eigenvalue weighted by atomic mass is 10.1. The third-order valence-electron chi connectivity index (χ3n) is 3.73. The summed E-state index contributed by atoms with van der Waals surface area (Å²) in [5.41, 5.74) is 5.10. The zero-order chi connectivity index (χ0) is 12.5. The molecule has 0 bridgehead atoms. The fourth-order valence-electron chi connectivity index (χ4n) is 2.54. The van der Waals surface area contributed by atoms with E-state index in [1.165, 1.54) is 11.1 Å². The van der Waals surface area contributed by atoms with Gasteiger partial charge < -0.3 is 5.32 Å². The minimum atomic E-state index is 0.454. The number of hydrogen-bond acceptors (Lipinski definition) is 3. The van der Waals surface area contributed by atoms with Crippen molar-refractivity contribution in [1.29, 1.82) is 0 Å². The van der Waals surface area contributed by atoms with Crippen molar-refractivity contribution in [1.82, 2.24) is 9.97 Å². The van der Waals surface area contributed by atoms with Gasteiger partial charge in [-0.15, -0.1) is 0 Å². The smallest absolute Gasteiger partial charge is 0.132 e. The summed E-state index contributed by atoms with van der Waals surface area (Å²) in [6, 6.07) is 9.11. The Hall–Kier alpha value is -1.90. The zero-order valence-electron chi connectivity index (χ0n) is 10.8.